The fraction of sp³-hybridized carbons (Fsp3) is 0.0769. The number of urea groups is 1. The summed E-state index contributed by atoms with van der Waals surface area (Å²) in [5.41, 5.74) is 6.78. The maximum absolute atomic E-state index is 10.6. The van der Waals surface area contributed by atoms with Crippen LogP contribution < -0.4 is 11.1 Å². The van der Waals surface area contributed by atoms with Gasteiger partial charge in [-0.1, -0.05) is 24.3 Å². The molecule has 92 valence electrons. The summed E-state index contributed by atoms with van der Waals surface area (Å²) < 4.78 is 5.30. The number of hydrogen-bond donors (Lipinski definition) is 2. The van der Waals surface area contributed by atoms with Crippen molar-refractivity contribution in [3.63, 3.8) is 0 Å². The molecule has 5 heteroatoms. The summed E-state index contributed by atoms with van der Waals surface area (Å²) in [5.74, 6) is 0.927. The lowest BCUT2D eigenvalue weighted by atomic mass is 10.1. The molecule has 2 rings (SSSR count). The van der Waals surface area contributed by atoms with E-state index >= 15 is 0 Å². The Morgan fingerprint density at radius 2 is 1.94 bits per heavy atom. The summed E-state index contributed by atoms with van der Waals surface area (Å²) in [6.45, 7) is 0.382. The van der Waals surface area contributed by atoms with Crippen molar-refractivity contribution in [2.75, 3.05) is 0 Å². The first-order valence-electron chi connectivity index (χ1n) is 5.36. The molecule has 1 aromatic carbocycles. The van der Waals surface area contributed by atoms with Gasteiger partial charge < -0.3 is 15.5 Å². The van der Waals surface area contributed by atoms with E-state index in [1.807, 2.05) is 24.3 Å². The number of carbonyl (C=O) groups is 2. The van der Waals surface area contributed by atoms with Gasteiger partial charge in [0.05, 0.1) is 0 Å². The molecule has 0 aliphatic rings. The van der Waals surface area contributed by atoms with Crippen LogP contribution in [-0.4, -0.2) is 12.3 Å². The van der Waals surface area contributed by atoms with Crippen LogP contribution in [0.2, 0.25) is 0 Å². The van der Waals surface area contributed by atoms with Gasteiger partial charge in [0.1, 0.15) is 5.76 Å². The van der Waals surface area contributed by atoms with Crippen molar-refractivity contribution in [3.05, 3.63) is 47.7 Å². The number of furan rings is 1. The van der Waals surface area contributed by atoms with Crippen molar-refractivity contribution < 1.29 is 14.0 Å². The SMILES string of the molecule is NC(=O)NCc1ccc(-c2ccc(C=O)o2)cc1. The zero-order valence-electron chi connectivity index (χ0n) is 9.55. The van der Waals surface area contributed by atoms with Crippen molar-refractivity contribution >= 4 is 12.3 Å². The van der Waals surface area contributed by atoms with E-state index in [0.29, 0.717) is 24.4 Å². The maximum Gasteiger partial charge on any atom is 0.312 e. The first kappa shape index (κ1) is 11.9. The van der Waals surface area contributed by atoms with Crippen LogP contribution >= 0.6 is 0 Å². The number of primary amides is 1. The number of benzene rings is 1. The third-order valence-corrected chi connectivity index (χ3v) is 2.45. The first-order valence-corrected chi connectivity index (χ1v) is 5.36. The quantitative estimate of drug-likeness (QED) is 0.806. The minimum atomic E-state index is -0.555. The summed E-state index contributed by atoms with van der Waals surface area (Å²) in [6.07, 6.45) is 0.661. The van der Waals surface area contributed by atoms with Gasteiger partial charge in [0.25, 0.3) is 0 Å². The molecule has 0 bridgehead atoms. The number of hydrogen-bond acceptors (Lipinski definition) is 3. The Balaban J connectivity index is 2.11. The fourth-order valence-electron chi connectivity index (χ4n) is 1.55. The van der Waals surface area contributed by atoms with Crippen LogP contribution in [0.1, 0.15) is 16.1 Å². The predicted octanol–water partition coefficient (Wildman–Crippen LogP) is 1.93. The van der Waals surface area contributed by atoms with Crippen molar-refractivity contribution in [2.45, 2.75) is 6.54 Å². The summed E-state index contributed by atoms with van der Waals surface area (Å²) in [6, 6.07) is 10.2. The summed E-state index contributed by atoms with van der Waals surface area (Å²) in [4.78, 5) is 21.1. The number of aldehydes is 1. The molecule has 0 aliphatic heterocycles. The van der Waals surface area contributed by atoms with E-state index in [1.165, 1.54) is 0 Å². The minimum Gasteiger partial charge on any atom is -0.453 e. The zero-order valence-corrected chi connectivity index (χ0v) is 9.55. The number of carbonyl (C=O) groups excluding carboxylic acids is 2. The summed E-state index contributed by atoms with van der Waals surface area (Å²) in [7, 11) is 0. The van der Waals surface area contributed by atoms with E-state index in [1.54, 1.807) is 12.1 Å². The van der Waals surface area contributed by atoms with Gasteiger partial charge in [-0.05, 0) is 17.7 Å². The highest BCUT2D eigenvalue weighted by Crippen LogP contribution is 2.21. The van der Waals surface area contributed by atoms with Crippen LogP contribution in [0.5, 0.6) is 0 Å². The molecule has 1 heterocycles. The number of rotatable bonds is 4. The van der Waals surface area contributed by atoms with E-state index in [-0.39, 0.29) is 0 Å². The molecule has 3 N–H and O–H groups in total. The topological polar surface area (TPSA) is 85.3 Å². The molecule has 0 radical (unpaired) electrons. The van der Waals surface area contributed by atoms with Crippen LogP contribution in [0, 0.1) is 0 Å². The summed E-state index contributed by atoms with van der Waals surface area (Å²) in [5, 5.41) is 2.50. The molecular weight excluding hydrogens is 232 g/mol. The number of nitrogens with one attached hydrogen (secondary N) is 1. The van der Waals surface area contributed by atoms with Gasteiger partial charge >= 0.3 is 6.03 Å². The molecule has 0 saturated carbocycles. The largest absolute Gasteiger partial charge is 0.453 e. The molecule has 5 nitrogen and oxygen atoms in total. The fourth-order valence-corrected chi connectivity index (χ4v) is 1.55. The zero-order chi connectivity index (χ0) is 13.0. The van der Waals surface area contributed by atoms with E-state index in [2.05, 4.69) is 5.32 Å². The highest BCUT2D eigenvalue weighted by molar-refractivity contribution is 5.73. The molecule has 0 fully saturated rings. The number of amides is 2. The van der Waals surface area contributed by atoms with E-state index in [4.69, 9.17) is 10.2 Å². The normalized spacial score (nSPS) is 10.0. The van der Waals surface area contributed by atoms with Gasteiger partial charge in [-0.3, -0.25) is 4.79 Å². The molecule has 0 spiro atoms. The molecule has 0 unspecified atom stereocenters. The van der Waals surface area contributed by atoms with Crippen LogP contribution in [0.3, 0.4) is 0 Å². The highest BCUT2D eigenvalue weighted by atomic mass is 16.3. The van der Waals surface area contributed by atoms with Crippen molar-refractivity contribution in [2.24, 2.45) is 5.73 Å². The van der Waals surface area contributed by atoms with Crippen LogP contribution in [0.4, 0.5) is 4.79 Å². The summed E-state index contributed by atoms with van der Waals surface area (Å²) >= 11 is 0. The Morgan fingerprint density at radius 1 is 1.22 bits per heavy atom. The maximum atomic E-state index is 10.6. The molecule has 2 amide bonds. The Kier molecular flexibility index (Phi) is 3.43. The van der Waals surface area contributed by atoms with E-state index in [0.717, 1.165) is 11.1 Å². The van der Waals surface area contributed by atoms with Gasteiger partial charge in [0, 0.05) is 12.1 Å². The Morgan fingerprint density at radius 3 is 2.50 bits per heavy atom. The average molecular weight is 244 g/mol. The Labute approximate surface area is 104 Å². The number of nitrogens with two attached hydrogens (primary N) is 1. The Bertz CT molecular complexity index is 558. The van der Waals surface area contributed by atoms with Gasteiger partial charge in [-0.15, -0.1) is 0 Å². The third-order valence-electron chi connectivity index (χ3n) is 2.45. The molecule has 1 aromatic heterocycles. The lowest BCUT2D eigenvalue weighted by Crippen LogP contribution is -2.28. The van der Waals surface area contributed by atoms with Crippen LogP contribution in [0.15, 0.2) is 40.8 Å². The molecule has 18 heavy (non-hydrogen) atoms. The first-order chi connectivity index (χ1) is 8.69. The molecular formula is C13H12N2O3. The highest BCUT2D eigenvalue weighted by Gasteiger charge is 2.04. The van der Waals surface area contributed by atoms with E-state index < -0.39 is 6.03 Å². The van der Waals surface area contributed by atoms with Gasteiger partial charge in [0.2, 0.25) is 0 Å². The monoisotopic (exact) mass is 244 g/mol. The smallest absolute Gasteiger partial charge is 0.312 e. The average Bonchev–Trinajstić information content (AvgIpc) is 2.85. The predicted molar refractivity (Wildman–Crippen MR) is 66.0 cm³/mol. The molecule has 0 aliphatic carbocycles. The van der Waals surface area contributed by atoms with Crippen molar-refractivity contribution in [3.8, 4) is 11.3 Å². The Hall–Kier alpha value is -2.56. The third kappa shape index (κ3) is 2.76. The van der Waals surface area contributed by atoms with Crippen molar-refractivity contribution in [1.82, 2.24) is 5.32 Å². The van der Waals surface area contributed by atoms with Crippen molar-refractivity contribution in [1.29, 1.82) is 0 Å². The second-order valence-electron chi connectivity index (χ2n) is 3.73. The van der Waals surface area contributed by atoms with E-state index in [9.17, 15) is 9.59 Å². The lowest BCUT2D eigenvalue weighted by Gasteiger charge is -2.03. The van der Waals surface area contributed by atoms with Crippen LogP contribution in [0.25, 0.3) is 11.3 Å². The van der Waals surface area contributed by atoms with Gasteiger partial charge in [0.15, 0.2) is 12.0 Å². The van der Waals surface area contributed by atoms with Gasteiger partial charge in [-0.2, -0.15) is 0 Å². The minimum absolute atomic E-state index is 0.296. The lowest BCUT2D eigenvalue weighted by molar-refractivity contribution is 0.110. The molecule has 0 atom stereocenters. The standard InChI is InChI=1S/C13H12N2O3/c14-13(17)15-7-9-1-3-10(4-2-9)12-6-5-11(8-16)18-12/h1-6,8H,7H2,(H3,14,15,17). The van der Waals surface area contributed by atoms with Crippen LogP contribution in [-0.2, 0) is 6.54 Å². The molecule has 2 aromatic rings. The second kappa shape index (κ2) is 5.18. The molecule has 0 saturated heterocycles. The second-order valence-corrected chi connectivity index (χ2v) is 3.73. The van der Waals surface area contributed by atoms with Gasteiger partial charge in [-0.25, -0.2) is 4.79 Å².